The lowest BCUT2D eigenvalue weighted by molar-refractivity contribution is 0.0260. The van der Waals surface area contributed by atoms with E-state index in [1.807, 2.05) is 0 Å². The summed E-state index contributed by atoms with van der Waals surface area (Å²) in [7, 11) is 0. The molecule has 1 atom stereocenters. The maximum atomic E-state index is 13.1. The van der Waals surface area contributed by atoms with Crippen LogP contribution >= 0.6 is 15.9 Å². The summed E-state index contributed by atoms with van der Waals surface area (Å²) in [5.41, 5.74) is 0.481. The van der Waals surface area contributed by atoms with E-state index in [2.05, 4.69) is 21.2 Å². The minimum Gasteiger partial charge on any atom is -0.506 e. The third-order valence-electron chi connectivity index (χ3n) is 2.33. The number of rotatable bonds is 1. The van der Waals surface area contributed by atoms with Crippen LogP contribution in [0.25, 0.3) is 0 Å². The monoisotopic (exact) mass is 275 g/mol. The third-order valence-corrected chi connectivity index (χ3v) is 2.94. The van der Waals surface area contributed by atoms with Gasteiger partial charge in [-0.1, -0.05) is 0 Å². The molecule has 2 N–H and O–H groups in total. The lowest BCUT2D eigenvalue weighted by Crippen LogP contribution is -2.33. The first kappa shape index (κ1) is 10.9. The fourth-order valence-electron chi connectivity index (χ4n) is 1.60. The maximum Gasteiger partial charge on any atom is 0.135 e. The summed E-state index contributed by atoms with van der Waals surface area (Å²) < 4.78 is 18.9. The highest BCUT2D eigenvalue weighted by Gasteiger charge is 2.21. The molecule has 0 aliphatic carbocycles. The Balaban J connectivity index is 2.33. The fourth-order valence-corrected chi connectivity index (χ4v) is 2.04. The van der Waals surface area contributed by atoms with Crippen LogP contribution in [0, 0.1) is 5.82 Å². The van der Waals surface area contributed by atoms with Gasteiger partial charge < -0.3 is 15.2 Å². The van der Waals surface area contributed by atoms with Crippen molar-refractivity contribution in [2.75, 3.05) is 19.7 Å². The Bertz CT molecular complexity index is 367. The van der Waals surface area contributed by atoms with Crippen LogP contribution in [0.15, 0.2) is 16.6 Å². The Morgan fingerprint density at radius 2 is 2.33 bits per heavy atom. The Labute approximate surface area is 95.4 Å². The van der Waals surface area contributed by atoms with E-state index in [0.29, 0.717) is 23.2 Å². The second-order valence-electron chi connectivity index (χ2n) is 3.39. The highest BCUT2D eigenvalue weighted by Crippen LogP contribution is 2.34. The first-order valence-corrected chi connectivity index (χ1v) is 5.48. The molecule has 2 rings (SSSR count). The van der Waals surface area contributed by atoms with Crippen LogP contribution in [0.3, 0.4) is 0 Å². The second-order valence-corrected chi connectivity index (χ2v) is 4.24. The standard InChI is InChI=1S/C10H11BrFNO2/c11-8-4-6(12)3-7(10(8)14)9-5-13-1-2-15-9/h3-4,9,13-14H,1-2,5H2. The summed E-state index contributed by atoms with van der Waals surface area (Å²) >= 11 is 3.10. The van der Waals surface area contributed by atoms with E-state index in [1.165, 1.54) is 12.1 Å². The van der Waals surface area contributed by atoms with Crippen LogP contribution in [0.1, 0.15) is 11.7 Å². The van der Waals surface area contributed by atoms with Crippen LogP contribution < -0.4 is 5.32 Å². The molecule has 1 unspecified atom stereocenters. The van der Waals surface area contributed by atoms with Gasteiger partial charge in [0.25, 0.3) is 0 Å². The van der Waals surface area contributed by atoms with E-state index in [1.54, 1.807) is 0 Å². The van der Waals surface area contributed by atoms with Gasteiger partial charge in [-0.25, -0.2) is 4.39 Å². The summed E-state index contributed by atoms with van der Waals surface area (Å²) in [4.78, 5) is 0. The highest BCUT2D eigenvalue weighted by atomic mass is 79.9. The second kappa shape index (κ2) is 4.47. The zero-order valence-electron chi connectivity index (χ0n) is 7.96. The van der Waals surface area contributed by atoms with Crippen LogP contribution in [0.4, 0.5) is 4.39 Å². The van der Waals surface area contributed by atoms with Crippen molar-refractivity contribution < 1.29 is 14.2 Å². The summed E-state index contributed by atoms with van der Waals surface area (Å²) in [5, 5.41) is 12.9. The molecule has 1 saturated heterocycles. The van der Waals surface area contributed by atoms with Gasteiger partial charge in [0, 0.05) is 18.7 Å². The summed E-state index contributed by atoms with van der Waals surface area (Å²) in [6, 6.07) is 2.53. The molecular formula is C10H11BrFNO2. The van der Waals surface area contributed by atoms with E-state index < -0.39 is 0 Å². The molecule has 1 fully saturated rings. The topological polar surface area (TPSA) is 41.5 Å². The van der Waals surface area contributed by atoms with E-state index in [-0.39, 0.29) is 17.7 Å². The van der Waals surface area contributed by atoms with Crippen molar-refractivity contribution in [1.29, 1.82) is 0 Å². The number of phenols is 1. The lowest BCUT2D eigenvalue weighted by atomic mass is 10.1. The molecule has 0 saturated carbocycles. The number of hydrogen-bond acceptors (Lipinski definition) is 3. The predicted octanol–water partition coefficient (Wildman–Crippen LogP) is 1.95. The normalized spacial score (nSPS) is 21.6. The summed E-state index contributed by atoms with van der Waals surface area (Å²) in [5.74, 6) is -0.339. The maximum absolute atomic E-state index is 13.1. The van der Waals surface area contributed by atoms with Crippen molar-refractivity contribution in [3.63, 3.8) is 0 Å². The van der Waals surface area contributed by atoms with Gasteiger partial charge in [0.2, 0.25) is 0 Å². The Morgan fingerprint density at radius 3 is 3.00 bits per heavy atom. The molecule has 82 valence electrons. The van der Waals surface area contributed by atoms with Gasteiger partial charge in [-0.2, -0.15) is 0 Å². The molecule has 5 heteroatoms. The number of aromatic hydroxyl groups is 1. The molecule has 0 bridgehead atoms. The van der Waals surface area contributed by atoms with Crippen molar-refractivity contribution in [2.45, 2.75) is 6.10 Å². The first-order chi connectivity index (χ1) is 7.18. The van der Waals surface area contributed by atoms with Crippen LogP contribution in [0.5, 0.6) is 5.75 Å². The number of morpholine rings is 1. The van der Waals surface area contributed by atoms with E-state index >= 15 is 0 Å². The number of phenolic OH excluding ortho intramolecular Hbond substituents is 1. The van der Waals surface area contributed by atoms with Crippen LogP contribution in [0.2, 0.25) is 0 Å². The molecule has 0 spiro atoms. The molecule has 1 heterocycles. The summed E-state index contributed by atoms with van der Waals surface area (Å²) in [6.45, 7) is 1.94. The van der Waals surface area contributed by atoms with Crippen molar-refractivity contribution in [1.82, 2.24) is 5.32 Å². The average Bonchev–Trinajstić information content (AvgIpc) is 2.24. The largest absolute Gasteiger partial charge is 0.506 e. The Hall–Kier alpha value is -0.650. The summed E-state index contributed by atoms with van der Waals surface area (Å²) in [6.07, 6.45) is -0.286. The Morgan fingerprint density at radius 1 is 1.53 bits per heavy atom. The van der Waals surface area contributed by atoms with Gasteiger partial charge in [0.1, 0.15) is 11.6 Å². The van der Waals surface area contributed by atoms with Crippen LogP contribution in [-0.4, -0.2) is 24.8 Å². The predicted molar refractivity (Wildman–Crippen MR) is 57.3 cm³/mol. The zero-order chi connectivity index (χ0) is 10.8. The number of benzene rings is 1. The smallest absolute Gasteiger partial charge is 0.135 e. The zero-order valence-corrected chi connectivity index (χ0v) is 9.55. The first-order valence-electron chi connectivity index (χ1n) is 4.68. The highest BCUT2D eigenvalue weighted by molar-refractivity contribution is 9.10. The molecule has 0 amide bonds. The van der Waals surface area contributed by atoms with Gasteiger partial charge in [0.05, 0.1) is 17.2 Å². The SMILES string of the molecule is Oc1c(Br)cc(F)cc1C1CNCCO1. The number of nitrogens with one attached hydrogen (secondary N) is 1. The van der Waals surface area contributed by atoms with Gasteiger partial charge >= 0.3 is 0 Å². The third kappa shape index (κ3) is 2.30. The van der Waals surface area contributed by atoms with E-state index in [4.69, 9.17) is 4.74 Å². The minimum absolute atomic E-state index is 0.0464. The molecule has 15 heavy (non-hydrogen) atoms. The molecule has 1 aromatic rings. The van der Waals surface area contributed by atoms with Crippen molar-refractivity contribution in [2.24, 2.45) is 0 Å². The van der Waals surface area contributed by atoms with Gasteiger partial charge in [-0.3, -0.25) is 0 Å². The van der Waals surface area contributed by atoms with Gasteiger partial charge in [0.15, 0.2) is 0 Å². The van der Waals surface area contributed by atoms with Gasteiger partial charge in [-0.05, 0) is 28.1 Å². The van der Waals surface area contributed by atoms with E-state index in [0.717, 1.165) is 6.54 Å². The quantitative estimate of drug-likeness (QED) is 0.823. The van der Waals surface area contributed by atoms with E-state index in [9.17, 15) is 9.50 Å². The number of hydrogen-bond donors (Lipinski definition) is 2. The minimum atomic E-state index is -0.385. The molecule has 1 aliphatic heterocycles. The molecule has 0 radical (unpaired) electrons. The van der Waals surface area contributed by atoms with Gasteiger partial charge in [-0.15, -0.1) is 0 Å². The van der Waals surface area contributed by atoms with Crippen molar-refractivity contribution >= 4 is 15.9 Å². The molecule has 0 aromatic heterocycles. The molecule has 1 aromatic carbocycles. The number of halogens is 2. The molecule has 1 aliphatic rings. The fraction of sp³-hybridized carbons (Fsp3) is 0.400. The average molecular weight is 276 g/mol. The lowest BCUT2D eigenvalue weighted by Gasteiger charge is -2.24. The molecule has 3 nitrogen and oxygen atoms in total. The number of ether oxygens (including phenoxy) is 1. The molecular weight excluding hydrogens is 265 g/mol. The van der Waals surface area contributed by atoms with Crippen LogP contribution in [-0.2, 0) is 4.74 Å². The van der Waals surface area contributed by atoms with Crippen molar-refractivity contribution in [3.8, 4) is 5.75 Å². The van der Waals surface area contributed by atoms with Crippen molar-refractivity contribution in [3.05, 3.63) is 28.0 Å². The Kier molecular flexibility index (Phi) is 3.23.